The lowest BCUT2D eigenvalue weighted by molar-refractivity contribution is 0.0821. The average molecular weight is 330 g/mol. The molecule has 0 unspecified atom stereocenters. The first-order valence-electron chi connectivity index (χ1n) is 7.02. The van der Waals surface area contributed by atoms with Crippen molar-refractivity contribution in [3.63, 3.8) is 0 Å². The monoisotopic (exact) mass is 329 g/mol. The highest BCUT2D eigenvalue weighted by atomic mass is 35.5. The lowest BCUT2D eigenvalue weighted by atomic mass is 10.0. The minimum atomic E-state index is -0.266. The van der Waals surface area contributed by atoms with Gasteiger partial charge in [-0.2, -0.15) is 0 Å². The van der Waals surface area contributed by atoms with Crippen LogP contribution in [-0.4, -0.2) is 46.5 Å². The van der Waals surface area contributed by atoms with Gasteiger partial charge >= 0.3 is 0 Å². The van der Waals surface area contributed by atoms with Gasteiger partial charge in [-0.25, -0.2) is 4.39 Å². The predicted octanol–water partition coefficient (Wildman–Crippen LogP) is 2.66. The van der Waals surface area contributed by atoms with E-state index < -0.39 is 0 Å². The lowest BCUT2D eigenvalue weighted by Crippen LogP contribution is -2.59. The number of hydrogen-bond donors (Lipinski definition) is 1. The summed E-state index contributed by atoms with van der Waals surface area (Å²) in [7, 11) is 0. The van der Waals surface area contributed by atoms with Crippen molar-refractivity contribution in [2.45, 2.75) is 25.9 Å². The molecule has 2 N–H and O–H groups in total. The summed E-state index contributed by atoms with van der Waals surface area (Å²) in [6, 6.07) is 4.50. The summed E-state index contributed by atoms with van der Waals surface area (Å²) in [6.07, 6.45) is 0. The molecule has 1 aromatic rings. The zero-order valence-electron chi connectivity index (χ0n) is 12.4. The fraction of sp³-hybridized carbons (Fsp3) is 0.533. The van der Waals surface area contributed by atoms with Crippen LogP contribution in [0.4, 0.5) is 4.39 Å². The van der Waals surface area contributed by atoms with Gasteiger partial charge in [-0.15, -0.1) is 0 Å². The number of thiocarbonyl (C=S) groups is 1. The van der Waals surface area contributed by atoms with Crippen LogP contribution in [0.5, 0.6) is 0 Å². The zero-order chi connectivity index (χ0) is 15.6. The standard InChI is InChI=1S/C15H21ClFN3S/c1-15(2,14(18)21)20-7-5-19(6-8-20)10-11-9-12(17)3-4-13(11)16/h3-4,9H,5-8,10H2,1-2H3,(H2,18,21). The Bertz CT molecular complexity index is 528. The van der Waals surface area contributed by atoms with Crippen LogP contribution < -0.4 is 5.73 Å². The highest BCUT2D eigenvalue weighted by Gasteiger charge is 2.32. The molecule has 0 atom stereocenters. The zero-order valence-corrected chi connectivity index (χ0v) is 14.0. The second-order valence-electron chi connectivity index (χ2n) is 5.92. The van der Waals surface area contributed by atoms with Crippen LogP contribution in [0.2, 0.25) is 5.02 Å². The Morgan fingerprint density at radius 1 is 1.33 bits per heavy atom. The van der Waals surface area contributed by atoms with Crippen molar-refractivity contribution in [3.05, 3.63) is 34.6 Å². The summed E-state index contributed by atoms with van der Waals surface area (Å²) >= 11 is 11.3. The number of nitrogens with two attached hydrogens (primary N) is 1. The summed E-state index contributed by atoms with van der Waals surface area (Å²) in [6.45, 7) is 8.31. The van der Waals surface area contributed by atoms with Crippen LogP contribution in [0.25, 0.3) is 0 Å². The highest BCUT2D eigenvalue weighted by molar-refractivity contribution is 7.80. The molecule has 0 spiro atoms. The molecule has 116 valence electrons. The molecule has 1 heterocycles. The minimum Gasteiger partial charge on any atom is -0.392 e. The van der Waals surface area contributed by atoms with Crippen molar-refractivity contribution in [1.29, 1.82) is 0 Å². The van der Waals surface area contributed by atoms with Gasteiger partial charge in [0.05, 0.1) is 10.5 Å². The molecule has 0 bridgehead atoms. The van der Waals surface area contributed by atoms with Crippen molar-refractivity contribution in [2.24, 2.45) is 5.73 Å². The molecule has 1 aromatic carbocycles. The van der Waals surface area contributed by atoms with Crippen LogP contribution >= 0.6 is 23.8 Å². The average Bonchev–Trinajstić information content (AvgIpc) is 2.43. The van der Waals surface area contributed by atoms with Gasteiger partial charge in [0.1, 0.15) is 5.82 Å². The molecule has 1 aliphatic rings. The number of benzene rings is 1. The van der Waals surface area contributed by atoms with Crippen LogP contribution in [0.3, 0.4) is 0 Å². The molecule has 2 rings (SSSR count). The van der Waals surface area contributed by atoms with Crippen molar-refractivity contribution >= 4 is 28.8 Å². The Kier molecular flexibility index (Phi) is 5.20. The number of rotatable bonds is 4. The molecule has 1 aliphatic heterocycles. The largest absolute Gasteiger partial charge is 0.392 e. The maximum atomic E-state index is 13.3. The first-order chi connectivity index (χ1) is 9.80. The van der Waals surface area contributed by atoms with Gasteiger partial charge in [-0.3, -0.25) is 9.80 Å². The van der Waals surface area contributed by atoms with E-state index in [0.717, 1.165) is 31.7 Å². The normalized spacial score (nSPS) is 17.9. The van der Waals surface area contributed by atoms with E-state index in [9.17, 15) is 4.39 Å². The minimum absolute atomic E-state index is 0.248. The molecular weight excluding hydrogens is 309 g/mol. The van der Waals surface area contributed by atoms with Gasteiger partial charge in [0.15, 0.2) is 0 Å². The maximum Gasteiger partial charge on any atom is 0.123 e. The van der Waals surface area contributed by atoms with E-state index in [-0.39, 0.29) is 11.4 Å². The predicted molar refractivity (Wildman–Crippen MR) is 89.1 cm³/mol. The van der Waals surface area contributed by atoms with Crippen LogP contribution in [-0.2, 0) is 6.54 Å². The SMILES string of the molecule is CC(C)(C(N)=S)N1CCN(Cc2cc(F)ccc2Cl)CC1. The van der Waals surface area contributed by atoms with E-state index in [0.29, 0.717) is 16.6 Å². The van der Waals surface area contributed by atoms with Gasteiger partial charge in [-0.1, -0.05) is 23.8 Å². The third-order valence-electron chi connectivity index (χ3n) is 4.17. The summed E-state index contributed by atoms with van der Waals surface area (Å²) in [4.78, 5) is 5.08. The fourth-order valence-corrected chi connectivity index (χ4v) is 2.83. The van der Waals surface area contributed by atoms with Crippen LogP contribution in [0, 0.1) is 5.82 Å². The van der Waals surface area contributed by atoms with Gasteiger partial charge in [0.2, 0.25) is 0 Å². The summed E-state index contributed by atoms with van der Waals surface area (Å²) in [5.41, 5.74) is 6.38. The van der Waals surface area contributed by atoms with E-state index in [1.54, 1.807) is 6.07 Å². The maximum absolute atomic E-state index is 13.3. The van der Waals surface area contributed by atoms with Crippen LogP contribution in [0.15, 0.2) is 18.2 Å². The van der Waals surface area contributed by atoms with E-state index in [2.05, 4.69) is 23.6 Å². The first kappa shape index (κ1) is 16.6. The molecule has 0 radical (unpaired) electrons. The number of nitrogens with zero attached hydrogens (tertiary/aromatic N) is 2. The third kappa shape index (κ3) is 3.92. The number of halogens is 2. The summed E-state index contributed by atoms with van der Waals surface area (Å²) in [5.74, 6) is -0.248. The summed E-state index contributed by atoms with van der Waals surface area (Å²) < 4.78 is 13.3. The van der Waals surface area contributed by atoms with Crippen molar-refractivity contribution in [3.8, 4) is 0 Å². The Labute approximate surface area is 135 Å². The van der Waals surface area contributed by atoms with E-state index >= 15 is 0 Å². The first-order valence-corrected chi connectivity index (χ1v) is 7.80. The fourth-order valence-electron chi connectivity index (χ4n) is 2.53. The third-order valence-corrected chi connectivity index (χ3v) is 5.04. The molecule has 6 heteroatoms. The Morgan fingerprint density at radius 3 is 2.52 bits per heavy atom. The summed E-state index contributed by atoms with van der Waals surface area (Å²) in [5, 5.41) is 0.613. The van der Waals surface area contributed by atoms with Gasteiger partial charge in [-0.05, 0) is 37.6 Å². The van der Waals surface area contributed by atoms with E-state index in [1.807, 2.05) is 0 Å². The number of hydrogen-bond acceptors (Lipinski definition) is 3. The second kappa shape index (κ2) is 6.57. The van der Waals surface area contributed by atoms with E-state index in [1.165, 1.54) is 12.1 Å². The van der Waals surface area contributed by atoms with Crippen LogP contribution in [0.1, 0.15) is 19.4 Å². The van der Waals surface area contributed by atoms with Gasteiger partial charge in [0.25, 0.3) is 0 Å². The topological polar surface area (TPSA) is 32.5 Å². The molecule has 3 nitrogen and oxygen atoms in total. The van der Waals surface area contributed by atoms with Crippen molar-refractivity contribution in [2.75, 3.05) is 26.2 Å². The van der Waals surface area contributed by atoms with Crippen molar-refractivity contribution in [1.82, 2.24) is 9.80 Å². The van der Waals surface area contributed by atoms with Crippen molar-refractivity contribution < 1.29 is 4.39 Å². The molecule has 1 saturated heterocycles. The lowest BCUT2D eigenvalue weighted by Gasteiger charge is -2.43. The Morgan fingerprint density at radius 2 is 1.95 bits per heavy atom. The molecule has 1 fully saturated rings. The molecular formula is C15H21ClFN3S. The molecule has 21 heavy (non-hydrogen) atoms. The molecule has 0 aliphatic carbocycles. The Hall–Kier alpha value is -0.750. The van der Waals surface area contributed by atoms with Gasteiger partial charge < -0.3 is 5.73 Å². The number of piperazine rings is 1. The molecule has 0 aromatic heterocycles. The second-order valence-corrected chi connectivity index (χ2v) is 6.77. The smallest absolute Gasteiger partial charge is 0.123 e. The van der Waals surface area contributed by atoms with E-state index in [4.69, 9.17) is 29.6 Å². The molecule has 0 amide bonds. The van der Waals surface area contributed by atoms with Gasteiger partial charge in [0, 0.05) is 37.7 Å². The molecule has 0 saturated carbocycles. The Balaban J connectivity index is 1.96. The quantitative estimate of drug-likeness (QED) is 0.861. The highest BCUT2D eigenvalue weighted by Crippen LogP contribution is 2.22.